The van der Waals surface area contributed by atoms with Crippen LogP contribution >= 0.6 is 23.4 Å². The summed E-state index contributed by atoms with van der Waals surface area (Å²) >= 11 is 7.56. The van der Waals surface area contributed by atoms with Gasteiger partial charge in [0.2, 0.25) is 5.91 Å². The molecule has 0 spiro atoms. The smallest absolute Gasteiger partial charge is 0.272 e. The normalized spacial score (nSPS) is 11.7. The Morgan fingerprint density at radius 2 is 1.52 bits per heavy atom. The molecule has 0 aliphatic rings. The van der Waals surface area contributed by atoms with Gasteiger partial charge in [0.05, 0.1) is 12.8 Å². The highest BCUT2D eigenvalue weighted by atomic mass is 35.5. The SMILES string of the molecule is COc1cc(Cl)c(C)cc1NC(=O)C(Sc1cccc(NC(=O)/C(=C/c2ccccc2F)NC(=O)c2ccccc2)c1)c1ccccc1. The van der Waals surface area contributed by atoms with Crippen molar-refractivity contribution < 1.29 is 23.5 Å². The summed E-state index contributed by atoms with van der Waals surface area (Å²) in [7, 11) is 1.50. The Bertz CT molecular complexity index is 1970. The molecule has 1 atom stereocenters. The van der Waals surface area contributed by atoms with Crippen LogP contribution in [0.15, 0.2) is 132 Å². The molecule has 0 aliphatic carbocycles. The average molecular weight is 680 g/mol. The molecule has 0 aliphatic heterocycles. The highest BCUT2D eigenvalue weighted by molar-refractivity contribution is 8.00. The first-order valence-electron chi connectivity index (χ1n) is 14.8. The summed E-state index contributed by atoms with van der Waals surface area (Å²) in [5, 5.41) is 8.23. The number of ether oxygens (including phenoxy) is 1. The zero-order valence-electron chi connectivity index (χ0n) is 26.0. The third-order valence-corrected chi connectivity index (χ3v) is 8.81. The molecule has 242 valence electrons. The Hall–Kier alpha value is -5.38. The van der Waals surface area contributed by atoms with Crippen LogP contribution in [0.5, 0.6) is 5.75 Å². The number of methoxy groups -OCH3 is 1. The van der Waals surface area contributed by atoms with Gasteiger partial charge in [-0.25, -0.2) is 4.39 Å². The van der Waals surface area contributed by atoms with Crippen LogP contribution in [-0.4, -0.2) is 24.8 Å². The summed E-state index contributed by atoms with van der Waals surface area (Å²) in [5.41, 5.74) is 2.74. The van der Waals surface area contributed by atoms with E-state index in [1.807, 2.05) is 43.3 Å². The number of benzene rings is 5. The van der Waals surface area contributed by atoms with Gasteiger partial charge in [-0.3, -0.25) is 14.4 Å². The van der Waals surface area contributed by atoms with Crippen LogP contribution in [0, 0.1) is 12.7 Å². The van der Waals surface area contributed by atoms with Gasteiger partial charge < -0.3 is 20.7 Å². The van der Waals surface area contributed by atoms with Crippen molar-refractivity contribution in [1.82, 2.24) is 5.32 Å². The Kier molecular flexibility index (Phi) is 11.3. The number of halogens is 2. The third kappa shape index (κ3) is 8.70. The van der Waals surface area contributed by atoms with E-state index in [4.69, 9.17) is 16.3 Å². The summed E-state index contributed by atoms with van der Waals surface area (Å²) in [6.45, 7) is 1.84. The van der Waals surface area contributed by atoms with E-state index < -0.39 is 22.9 Å². The van der Waals surface area contributed by atoms with Gasteiger partial charge in [-0.05, 0) is 66.6 Å². The number of hydrogen-bond donors (Lipinski definition) is 3. The second kappa shape index (κ2) is 15.9. The monoisotopic (exact) mass is 679 g/mol. The molecule has 0 fully saturated rings. The van der Waals surface area contributed by atoms with Crippen molar-refractivity contribution in [2.45, 2.75) is 17.1 Å². The predicted molar refractivity (Wildman–Crippen MR) is 190 cm³/mol. The number of rotatable bonds is 11. The standard InChI is InChI=1S/C38H31ClFN3O4S/c1-24-20-32(34(47-2)23-30(24)39)42-38(46)35(25-12-5-3-6-13-25)48-29-18-11-17-28(22-29)41-37(45)33(21-27-16-9-10-19-31(27)40)43-36(44)26-14-7-4-8-15-26/h3-23,35H,1-2H3,(H,41,45)(H,42,46)(H,43,44)/b33-21-. The Morgan fingerprint density at radius 3 is 2.23 bits per heavy atom. The van der Waals surface area contributed by atoms with Crippen LogP contribution in [0.3, 0.4) is 0 Å². The Labute approximate surface area is 287 Å². The Morgan fingerprint density at radius 1 is 0.833 bits per heavy atom. The highest BCUT2D eigenvalue weighted by Crippen LogP contribution is 2.39. The van der Waals surface area contributed by atoms with Crippen LogP contribution in [0.1, 0.15) is 32.3 Å². The largest absolute Gasteiger partial charge is 0.495 e. The van der Waals surface area contributed by atoms with E-state index >= 15 is 0 Å². The van der Waals surface area contributed by atoms with Crippen molar-refractivity contribution in [2.75, 3.05) is 17.7 Å². The van der Waals surface area contributed by atoms with Gasteiger partial charge in [0.1, 0.15) is 22.5 Å². The molecule has 0 radical (unpaired) electrons. The molecule has 7 nitrogen and oxygen atoms in total. The van der Waals surface area contributed by atoms with E-state index in [2.05, 4.69) is 16.0 Å². The van der Waals surface area contributed by atoms with Crippen LogP contribution in [0.25, 0.3) is 6.08 Å². The maximum Gasteiger partial charge on any atom is 0.272 e. The molecule has 5 aromatic carbocycles. The minimum absolute atomic E-state index is 0.129. The van der Waals surface area contributed by atoms with Crippen LogP contribution in [0.2, 0.25) is 5.02 Å². The lowest BCUT2D eigenvalue weighted by molar-refractivity contribution is -0.116. The minimum Gasteiger partial charge on any atom is -0.495 e. The van der Waals surface area contributed by atoms with Gasteiger partial charge in [0.15, 0.2) is 0 Å². The molecule has 48 heavy (non-hydrogen) atoms. The molecule has 5 aromatic rings. The fourth-order valence-corrected chi connectivity index (χ4v) is 5.94. The fraction of sp³-hybridized carbons (Fsp3) is 0.0789. The lowest BCUT2D eigenvalue weighted by atomic mass is 10.1. The zero-order chi connectivity index (χ0) is 34.0. The molecule has 5 rings (SSSR count). The number of nitrogens with one attached hydrogen (secondary N) is 3. The van der Waals surface area contributed by atoms with Crippen molar-refractivity contribution >= 4 is 58.5 Å². The van der Waals surface area contributed by atoms with E-state index in [0.29, 0.717) is 32.6 Å². The summed E-state index contributed by atoms with van der Waals surface area (Å²) in [6.07, 6.45) is 1.28. The van der Waals surface area contributed by atoms with Crippen LogP contribution < -0.4 is 20.7 Å². The fourth-order valence-electron chi connectivity index (χ4n) is 4.70. The average Bonchev–Trinajstić information content (AvgIpc) is 3.10. The van der Waals surface area contributed by atoms with E-state index in [0.717, 1.165) is 11.1 Å². The van der Waals surface area contributed by atoms with E-state index in [9.17, 15) is 18.8 Å². The molecular weight excluding hydrogens is 649 g/mol. The molecule has 3 N–H and O–H groups in total. The maximum atomic E-state index is 14.6. The van der Waals surface area contributed by atoms with Gasteiger partial charge in [-0.2, -0.15) is 0 Å². The Balaban J connectivity index is 1.40. The van der Waals surface area contributed by atoms with E-state index in [-0.39, 0.29) is 17.2 Å². The molecule has 10 heteroatoms. The number of carbonyl (C=O) groups is 3. The second-order valence-corrected chi connectivity index (χ2v) is 12.2. The molecule has 1 unspecified atom stereocenters. The molecule has 0 saturated carbocycles. The van der Waals surface area contributed by atoms with Crippen molar-refractivity contribution in [2.24, 2.45) is 0 Å². The molecular formula is C38H31ClFN3O4S. The molecule has 3 amide bonds. The van der Waals surface area contributed by atoms with Gasteiger partial charge in [0, 0.05) is 32.8 Å². The molecule has 0 bridgehead atoms. The quantitative estimate of drug-likeness (QED) is 0.0959. The predicted octanol–water partition coefficient (Wildman–Crippen LogP) is 8.68. The summed E-state index contributed by atoms with van der Waals surface area (Å²) < 4.78 is 20.0. The highest BCUT2D eigenvalue weighted by Gasteiger charge is 2.24. The third-order valence-electron chi connectivity index (χ3n) is 7.16. The van der Waals surface area contributed by atoms with Crippen molar-refractivity contribution in [3.63, 3.8) is 0 Å². The minimum atomic E-state index is -0.681. The van der Waals surface area contributed by atoms with Gasteiger partial charge in [0.25, 0.3) is 11.8 Å². The number of amides is 3. The molecule has 0 heterocycles. The summed E-state index contributed by atoms with van der Waals surface area (Å²) in [5.74, 6) is -1.60. The first-order valence-corrected chi connectivity index (χ1v) is 16.1. The van der Waals surface area contributed by atoms with Gasteiger partial charge in [-0.1, -0.05) is 84.4 Å². The second-order valence-electron chi connectivity index (χ2n) is 10.6. The topological polar surface area (TPSA) is 96.5 Å². The maximum absolute atomic E-state index is 14.6. The molecule has 0 aromatic heterocycles. The number of hydrogen-bond acceptors (Lipinski definition) is 5. The van der Waals surface area contributed by atoms with Crippen LogP contribution in [0.4, 0.5) is 15.8 Å². The van der Waals surface area contributed by atoms with Gasteiger partial charge >= 0.3 is 0 Å². The van der Waals surface area contributed by atoms with E-state index in [1.165, 1.54) is 43.1 Å². The first kappa shape index (κ1) is 34.0. The number of anilines is 2. The lowest BCUT2D eigenvalue weighted by Gasteiger charge is -2.19. The van der Waals surface area contributed by atoms with Crippen LogP contribution in [-0.2, 0) is 9.59 Å². The van der Waals surface area contributed by atoms with E-state index in [1.54, 1.807) is 66.7 Å². The van der Waals surface area contributed by atoms with Crippen molar-refractivity contribution in [3.05, 3.63) is 160 Å². The number of thioether (sulfide) groups is 1. The summed E-state index contributed by atoms with van der Waals surface area (Å²) in [6, 6.07) is 34.0. The van der Waals surface area contributed by atoms with Gasteiger partial charge in [-0.15, -0.1) is 11.8 Å². The lowest BCUT2D eigenvalue weighted by Crippen LogP contribution is -2.30. The number of carbonyl (C=O) groups excluding carboxylic acids is 3. The summed E-state index contributed by atoms with van der Waals surface area (Å²) in [4.78, 5) is 41.0. The van der Waals surface area contributed by atoms with Crippen molar-refractivity contribution in [1.29, 1.82) is 0 Å². The van der Waals surface area contributed by atoms with Crippen molar-refractivity contribution in [3.8, 4) is 5.75 Å². The number of aryl methyl sites for hydroxylation is 1. The zero-order valence-corrected chi connectivity index (χ0v) is 27.6. The molecule has 0 saturated heterocycles. The first-order chi connectivity index (χ1) is 23.2.